The molecule has 0 saturated heterocycles. The van der Waals surface area contributed by atoms with Crippen molar-refractivity contribution in [3.8, 4) is 22.3 Å². The quantitative estimate of drug-likeness (QED) is 0.411. The molecule has 108 valence electrons. The second-order valence-corrected chi connectivity index (χ2v) is 6.44. The van der Waals surface area contributed by atoms with Gasteiger partial charge in [-0.25, -0.2) is 0 Å². The van der Waals surface area contributed by atoms with Gasteiger partial charge in [-0.1, -0.05) is 60.2 Å². The molecule has 0 atom stereocenters. The topological polar surface area (TPSA) is 0 Å². The molecule has 3 aromatic carbocycles. The first kappa shape index (κ1) is 13.3. The van der Waals surface area contributed by atoms with Crippen molar-refractivity contribution in [3.05, 3.63) is 82.4 Å². The highest BCUT2D eigenvalue weighted by Gasteiger charge is 2.22. The number of hydrogen-bond donors (Lipinski definition) is 0. The van der Waals surface area contributed by atoms with E-state index in [9.17, 15) is 0 Å². The summed E-state index contributed by atoms with van der Waals surface area (Å²) in [4.78, 5) is 0. The van der Waals surface area contributed by atoms with Crippen LogP contribution in [0.25, 0.3) is 22.3 Å². The van der Waals surface area contributed by atoms with Crippen LogP contribution in [-0.4, -0.2) is 0 Å². The van der Waals surface area contributed by atoms with Gasteiger partial charge in [0.25, 0.3) is 0 Å². The maximum Gasteiger partial charge on any atom is -0.000728 e. The molecule has 3 aromatic rings. The maximum atomic E-state index is 2.30. The van der Waals surface area contributed by atoms with Gasteiger partial charge in [0.05, 0.1) is 0 Å². The van der Waals surface area contributed by atoms with Crippen LogP contribution in [-0.2, 0) is 6.42 Å². The Labute approximate surface area is 132 Å². The summed E-state index contributed by atoms with van der Waals surface area (Å²) in [7, 11) is 0. The van der Waals surface area contributed by atoms with Crippen molar-refractivity contribution < 1.29 is 0 Å². The van der Waals surface area contributed by atoms with Crippen molar-refractivity contribution in [1.29, 1.82) is 0 Å². The molecule has 0 heterocycles. The summed E-state index contributed by atoms with van der Waals surface area (Å²) in [5.74, 6) is 0. The monoisotopic (exact) mass is 284 g/mol. The van der Waals surface area contributed by atoms with E-state index in [0.29, 0.717) is 0 Å². The minimum Gasteiger partial charge on any atom is -0.0619 e. The molecule has 22 heavy (non-hydrogen) atoms. The molecule has 0 aromatic heterocycles. The first-order chi connectivity index (χ1) is 10.6. The van der Waals surface area contributed by atoms with E-state index in [4.69, 9.17) is 0 Å². The Balaban J connectivity index is 1.98. The summed E-state index contributed by atoms with van der Waals surface area (Å²) in [6.07, 6.45) is 1.05. The van der Waals surface area contributed by atoms with Gasteiger partial charge in [0.1, 0.15) is 0 Å². The third-order valence-corrected chi connectivity index (χ3v) is 4.80. The average molecular weight is 284 g/mol. The standard InChI is InChI=1S/C22H20/c1-14-11-15(2)22(16(3)12-14)20-10-6-9-19-18-8-5-4-7-17(18)13-21(19)20/h4-12H,13H2,1-3H3. The summed E-state index contributed by atoms with van der Waals surface area (Å²) in [6, 6.07) is 20.1. The third kappa shape index (κ3) is 1.91. The molecular weight excluding hydrogens is 264 g/mol. The fraction of sp³-hybridized carbons (Fsp3) is 0.182. The van der Waals surface area contributed by atoms with Gasteiger partial charge in [-0.15, -0.1) is 0 Å². The van der Waals surface area contributed by atoms with E-state index in [0.717, 1.165) is 6.42 Å². The van der Waals surface area contributed by atoms with Crippen LogP contribution in [0, 0.1) is 20.8 Å². The van der Waals surface area contributed by atoms with Gasteiger partial charge in [-0.05, 0) is 71.7 Å². The SMILES string of the molecule is Cc1cc(C)c(-c2cccc3c2Cc2ccccc2-3)c(C)c1. The van der Waals surface area contributed by atoms with Gasteiger partial charge in [0.15, 0.2) is 0 Å². The van der Waals surface area contributed by atoms with Gasteiger partial charge in [0.2, 0.25) is 0 Å². The zero-order valence-electron chi connectivity index (χ0n) is 13.4. The van der Waals surface area contributed by atoms with Crippen molar-refractivity contribution in [2.24, 2.45) is 0 Å². The molecule has 0 N–H and O–H groups in total. The Bertz CT molecular complexity index is 861. The maximum absolute atomic E-state index is 2.30. The lowest BCUT2D eigenvalue weighted by molar-refractivity contribution is 1.25. The van der Waals surface area contributed by atoms with E-state index >= 15 is 0 Å². The van der Waals surface area contributed by atoms with Crippen LogP contribution >= 0.6 is 0 Å². The smallest absolute Gasteiger partial charge is 0.000728 e. The van der Waals surface area contributed by atoms with E-state index in [1.165, 1.54) is 50.1 Å². The van der Waals surface area contributed by atoms with Crippen molar-refractivity contribution >= 4 is 0 Å². The minimum absolute atomic E-state index is 1.05. The number of aryl methyl sites for hydroxylation is 3. The molecule has 0 bridgehead atoms. The first-order valence-corrected chi connectivity index (χ1v) is 7.93. The molecule has 0 unspecified atom stereocenters. The number of fused-ring (bicyclic) bond motifs is 3. The van der Waals surface area contributed by atoms with Gasteiger partial charge >= 0.3 is 0 Å². The highest BCUT2D eigenvalue weighted by molar-refractivity contribution is 5.86. The van der Waals surface area contributed by atoms with Crippen LogP contribution in [0.5, 0.6) is 0 Å². The fourth-order valence-corrected chi connectivity index (χ4v) is 4.00. The van der Waals surface area contributed by atoms with Crippen LogP contribution in [0.1, 0.15) is 27.8 Å². The van der Waals surface area contributed by atoms with E-state index in [1.807, 2.05) is 0 Å². The molecular formula is C22H20. The second kappa shape index (κ2) is 4.84. The number of rotatable bonds is 1. The third-order valence-electron chi connectivity index (χ3n) is 4.80. The van der Waals surface area contributed by atoms with Gasteiger partial charge < -0.3 is 0 Å². The van der Waals surface area contributed by atoms with Crippen molar-refractivity contribution in [1.82, 2.24) is 0 Å². The highest BCUT2D eigenvalue weighted by Crippen LogP contribution is 2.42. The molecule has 0 radical (unpaired) electrons. The van der Waals surface area contributed by atoms with Gasteiger partial charge in [-0.3, -0.25) is 0 Å². The molecule has 1 aliphatic carbocycles. The Kier molecular flexibility index (Phi) is 2.94. The predicted molar refractivity (Wildman–Crippen MR) is 94.3 cm³/mol. The lowest BCUT2D eigenvalue weighted by Gasteiger charge is -2.15. The molecule has 0 amide bonds. The van der Waals surface area contributed by atoms with Crippen LogP contribution < -0.4 is 0 Å². The van der Waals surface area contributed by atoms with E-state index in [1.54, 1.807) is 0 Å². The molecule has 0 nitrogen and oxygen atoms in total. The van der Waals surface area contributed by atoms with E-state index < -0.39 is 0 Å². The van der Waals surface area contributed by atoms with Crippen LogP contribution in [0.4, 0.5) is 0 Å². The molecule has 0 saturated carbocycles. The van der Waals surface area contributed by atoms with Crippen LogP contribution in [0.3, 0.4) is 0 Å². The summed E-state index contributed by atoms with van der Waals surface area (Å²) in [5.41, 5.74) is 12.7. The summed E-state index contributed by atoms with van der Waals surface area (Å²) >= 11 is 0. The molecule has 4 rings (SSSR count). The summed E-state index contributed by atoms with van der Waals surface area (Å²) in [5, 5.41) is 0. The summed E-state index contributed by atoms with van der Waals surface area (Å²) in [6.45, 7) is 6.64. The van der Waals surface area contributed by atoms with Crippen molar-refractivity contribution in [2.75, 3.05) is 0 Å². The first-order valence-electron chi connectivity index (χ1n) is 7.93. The largest absolute Gasteiger partial charge is 0.0619 e. The molecule has 1 aliphatic rings. The minimum atomic E-state index is 1.05. The van der Waals surface area contributed by atoms with Crippen LogP contribution in [0.2, 0.25) is 0 Å². The normalized spacial score (nSPS) is 12.1. The Morgan fingerprint density at radius 2 is 1.32 bits per heavy atom. The fourth-order valence-electron chi connectivity index (χ4n) is 4.00. The molecule has 0 aliphatic heterocycles. The predicted octanol–water partition coefficient (Wildman–Crippen LogP) is 5.85. The second-order valence-electron chi connectivity index (χ2n) is 6.44. The van der Waals surface area contributed by atoms with E-state index in [-0.39, 0.29) is 0 Å². The zero-order valence-corrected chi connectivity index (χ0v) is 13.4. The molecule has 0 heteroatoms. The molecule has 0 fully saturated rings. The lowest BCUT2D eigenvalue weighted by Crippen LogP contribution is -1.94. The lowest BCUT2D eigenvalue weighted by atomic mass is 9.89. The Morgan fingerprint density at radius 1 is 0.682 bits per heavy atom. The Morgan fingerprint density at radius 3 is 2.09 bits per heavy atom. The van der Waals surface area contributed by atoms with Gasteiger partial charge in [0, 0.05) is 0 Å². The highest BCUT2D eigenvalue weighted by atomic mass is 14.3. The van der Waals surface area contributed by atoms with Crippen LogP contribution in [0.15, 0.2) is 54.6 Å². The zero-order chi connectivity index (χ0) is 15.3. The summed E-state index contributed by atoms with van der Waals surface area (Å²) < 4.78 is 0. The molecule has 0 spiro atoms. The van der Waals surface area contributed by atoms with Gasteiger partial charge in [-0.2, -0.15) is 0 Å². The van der Waals surface area contributed by atoms with E-state index in [2.05, 4.69) is 75.4 Å². The van der Waals surface area contributed by atoms with Crippen molar-refractivity contribution in [3.63, 3.8) is 0 Å². The van der Waals surface area contributed by atoms with Crippen molar-refractivity contribution in [2.45, 2.75) is 27.2 Å². The average Bonchev–Trinajstić information content (AvgIpc) is 2.86. The Hall–Kier alpha value is -2.34. The number of benzene rings is 3. The number of hydrogen-bond acceptors (Lipinski definition) is 0.